The number of thioether (sulfide) groups is 1. The number of hydrogen-bond donors (Lipinski definition) is 0. The largest absolute Gasteiger partial charge is 0.293 e. The summed E-state index contributed by atoms with van der Waals surface area (Å²) in [5, 5.41) is -0.319. The lowest BCUT2D eigenvalue weighted by molar-refractivity contribution is -0.116. The van der Waals surface area contributed by atoms with Crippen molar-refractivity contribution in [2.45, 2.75) is 29.5 Å². The lowest BCUT2D eigenvalue weighted by Gasteiger charge is -2.17. The maximum Gasteiger partial charge on any atom is 0.176 e. The summed E-state index contributed by atoms with van der Waals surface area (Å²) in [6, 6.07) is 8.24. The van der Waals surface area contributed by atoms with Crippen LogP contribution in [0.4, 0.5) is 0 Å². The lowest BCUT2D eigenvalue weighted by atomic mass is 9.92. The average Bonchev–Trinajstić information content (AvgIpc) is 2.36. The molecule has 1 aromatic carbocycles. The normalized spacial score (nSPS) is 23.1. The van der Waals surface area contributed by atoms with E-state index in [1.807, 2.05) is 18.2 Å². The minimum Gasteiger partial charge on any atom is -0.293 e. The highest BCUT2D eigenvalue weighted by Crippen LogP contribution is 2.26. The van der Waals surface area contributed by atoms with Gasteiger partial charge in [0.15, 0.2) is 5.78 Å². The molecule has 1 saturated carbocycles. The third-order valence-electron chi connectivity index (χ3n) is 2.96. The smallest absolute Gasteiger partial charge is 0.176 e. The minimum atomic E-state index is -0.319. The molecule has 0 aromatic heterocycles. The summed E-state index contributed by atoms with van der Waals surface area (Å²) >= 11 is 7.70. The first kappa shape index (κ1) is 12.7. The summed E-state index contributed by atoms with van der Waals surface area (Å²) < 4.78 is 0. The Kier molecular flexibility index (Phi) is 4.30. The quantitative estimate of drug-likeness (QED) is 0.454. The fraction of sp³-hybridized carbons (Fsp3) is 0.357. The summed E-state index contributed by atoms with van der Waals surface area (Å²) in [5.41, 5.74) is 1.95. The fourth-order valence-electron chi connectivity index (χ4n) is 1.97. The Labute approximate surface area is 111 Å². The molecular formula is C14H15ClOS. The van der Waals surface area contributed by atoms with Crippen molar-refractivity contribution in [3.63, 3.8) is 0 Å². The van der Waals surface area contributed by atoms with Crippen molar-refractivity contribution in [2.24, 2.45) is 0 Å². The third kappa shape index (κ3) is 3.14. The standard InChI is InChI=1S/C14H15ClOS/c1-17-12-7-5-10(6-8-12)9-11-3-2-4-13(15)14(11)16/h5-9,13H,2-4H2,1H3. The first-order valence-electron chi connectivity index (χ1n) is 5.73. The van der Waals surface area contributed by atoms with Gasteiger partial charge >= 0.3 is 0 Å². The highest BCUT2D eigenvalue weighted by Gasteiger charge is 2.23. The summed E-state index contributed by atoms with van der Waals surface area (Å²) in [4.78, 5) is 13.1. The summed E-state index contributed by atoms with van der Waals surface area (Å²) in [5.74, 6) is 0.104. The number of Topliss-reactive ketones (excluding diaryl/α,β-unsaturated/α-hetero) is 1. The molecular weight excluding hydrogens is 252 g/mol. The van der Waals surface area contributed by atoms with Gasteiger partial charge in [0.1, 0.15) is 0 Å². The predicted octanol–water partition coefficient (Wildman–Crippen LogP) is 4.15. The molecule has 0 N–H and O–H groups in total. The molecule has 1 unspecified atom stereocenters. The number of ketones is 1. The Balaban J connectivity index is 2.19. The molecule has 1 aliphatic rings. The van der Waals surface area contributed by atoms with E-state index in [1.165, 1.54) is 4.90 Å². The molecule has 1 fully saturated rings. The van der Waals surface area contributed by atoms with Crippen LogP contribution in [-0.2, 0) is 4.79 Å². The second kappa shape index (κ2) is 5.74. The van der Waals surface area contributed by atoms with Crippen LogP contribution in [0.5, 0.6) is 0 Å². The summed E-state index contributed by atoms with van der Waals surface area (Å²) in [6.45, 7) is 0. The van der Waals surface area contributed by atoms with Crippen LogP contribution in [0, 0.1) is 0 Å². The SMILES string of the molecule is CSc1ccc(C=C2CCCC(Cl)C2=O)cc1. The highest BCUT2D eigenvalue weighted by atomic mass is 35.5. The van der Waals surface area contributed by atoms with Gasteiger partial charge in [-0.25, -0.2) is 0 Å². The first-order chi connectivity index (χ1) is 8.20. The van der Waals surface area contributed by atoms with Crippen molar-refractivity contribution in [2.75, 3.05) is 6.26 Å². The number of rotatable bonds is 2. The molecule has 1 atom stereocenters. The Hall–Kier alpha value is -0.730. The molecule has 0 radical (unpaired) electrons. The van der Waals surface area contributed by atoms with Gasteiger partial charge in [-0.15, -0.1) is 23.4 Å². The van der Waals surface area contributed by atoms with Crippen molar-refractivity contribution in [1.82, 2.24) is 0 Å². The number of carbonyl (C=O) groups excluding carboxylic acids is 1. The minimum absolute atomic E-state index is 0.104. The Morgan fingerprint density at radius 2 is 2.06 bits per heavy atom. The van der Waals surface area contributed by atoms with Crippen molar-refractivity contribution in [3.05, 3.63) is 35.4 Å². The first-order valence-corrected chi connectivity index (χ1v) is 7.40. The Morgan fingerprint density at radius 3 is 2.71 bits per heavy atom. The van der Waals surface area contributed by atoms with Gasteiger partial charge in [-0.2, -0.15) is 0 Å². The fourth-order valence-corrected chi connectivity index (χ4v) is 2.67. The molecule has 1 aromatic rings. The van der Waals surface area contributed by atoms with E-state index in [0.717, 1.165) is 30.4 Å². The molecule has 1 aliphatic carbocycles. The molecule has 17 heavy (non-hydrogen) atoms. The van der Waals surface area contributed by atoms with Crippen molar-refractivity contribution < 1.29 is 4.79 Å². The molecule has 0 heterocycles. The van der Waals surface area contributed by atoms with E-state index < -0.39 is 0 Å². The van der Waals surface area contributed by atoms with Crippen LogP contribution in [0.1, 0.15) is 24.8 Å². The zero-order valence-electron chi connectivity index (χ0n) is 9.78. The van der Waals surface area contributed by atoms with Gasteiger partial charge in [-0.1, -0.05) is 12.1 Å². The van der Waals surface area contributed by atoms with Gasteiger partial charge in [-0.05, 0) is 54.9 Å². The van der Waals surface area contributed by atoms with Gasteiger partial charge in [0.25, 0.3) is 0 Å². The molecule has 0 spiro atoms. The number of allylic oxidation sites excluding steroid dienone is 1. The zero-order chi connectivity index (χ0) is 12.3. The molecule has 3 heteroatoms. The van der Waals surface area contributed by atoms with E-state index in [4.69, 9.17) is 11.6 Å². The van der Waals surface area contributed by atoms with Gasteiger partial charge in [0.2, 0.25) is 0 Å². The molecule has 1 nitrogen and oxygen atoms in total. The van der Waals surface area contributed by atoms with Crippen LogP contribution in [-0.4, -0.2) is 17.4 Å². The van der Waals surface area contributed by atoms with Crippen LogP contribution in [0.15, 0.2) is 34.7 Å². The maximum atomic E-state index is 11.8. The second-order valence-corrected chi connectivity index (χ2v) is 5.57. The number of carbonyl (C=O) groups is 1. The van der Waals surface area contributed by atoms with Crippen molar-refractivity contribution in [1.29, 1.82) is 0 Å². The second-order valence-electron chi connectivity index (χ2n) is 4.17. The van der Waals surface area contributed by atoms with E-state index in [9.17, 15) is 4.79 Å². The monoisotopic (exact) mass is 266 g/mol. The topological polar surface area (TPSA) is 17.1 Å². The molecule has 90 valence electrons. The van der Waals surface area contributed by atoms with Crippen LogP contribution in [0.2, 0.25) is 0 Å². The van der Waals surface area contributed by atoms with E-state index in [2.05, 4.69) is 18.4 Å². The van der Waals surface area contributed by atoms with Crippen LogP contribution in [0.25, 0.3) is 6.08 Å². The van der Waals surface area contributed by atoms with Gasteiger partial charge < -0.3 is 0 Å². The Bertz CT molecular complexity index is 436. The van der Waals surface area contributed by atoms with Crippen LogP contribution < -0.4 is 0 Å². The molecule has 0 saturated heterocycles. The number of halogens is 1. The highest BCUT2D eigenvalue weighted by molar-refractivity contribution is 7.98. The van der Waals surface area contributed by atoms with Crippen LogP contribution in [0.3, 0.4) is 0 Å². The number of alkyl halides is 1. The lowest BCUT2D eigenvalue weighted by Crippen LogP contribution is -2.21. The van der Waals surface area contributed by atoms with Crippen molar-refractivity contribution in [3.8, 4) is 0 Å². The number of benzene rings is 1. The van der Waals surface area contributed by atoms with E-state index in [0.29, 0.717) is 0 Å². The van der Waals surface area contributed by atoms with E-state index in [-0.39, 0.29) is 11.2 Å². The maximum absolute atomic E-state index is 11.8. The number of hydrogen-bond acceptors (Lipinski definition) is 2. The predicted molar refractivity (Wildman–Crippen MR) is 74.7 cm³/mol. The molecule has 0 aliphatic heterocycles. The van der Waals surface area contributed by atoms with E-state index in [1.54, 1.807) is 11.8 Å². The molecule has 2 rings (SSSR count). The van der Waals surface area contributed by atoms with Gasteiger partial charge in [-0.3, -0.25) is 4.79 Å². The molecule has 0 amide bonds. The zero-order valence-corrected chi connectivity index (χ0v) is 11.4. The van der Waals surface area contributed by atoms with Crippen molar-refractivity contribution >= 4 is 35.2 Å². The summed E-state index contributed by atoms with van der Waals surface area (Å²) in [7, 11) is 0. The van der Waals surface area contributed by atoms with Crippen LogP contribution >= 0.6 is 23.4 Å². The molecule has 0 bridgehead atoms. The van der Waals surface area contributed by atoms with E-state index >= 15 is 0 Å². The average molecular weight is 267 g/mol. The third-order valence-corrected chi connectivity index (χ3v) is 4.12. The van der Waals surface area contributed by atoms with Gasteiger partial charge in [0, 0.05) is 4.90 Å². The van der Waals surface area contributed by atoms with Gasteiger partial charge in [0.05, 0.1) is 5.38 Å². The Morgan fingerprint density at radius 1 is 1.35 bits per heavy atom. The summed E-state index contributed by atoms with van der Waals surface area (Å²) in [6.07, 6.45) is 6.70.